The first-order valence-electron chi connectivity index (χ1n) is 5.33. The van der Waals surface area contributed by atoms with E-state index < -0.39 is 43.0 Å². The summed E-state index contributed by atoms with van der Waals surface area (Å²) in [7, 11) is -7.43. The second-order valence-corrected chi connectivity index (χ2v) is 8.23. The first-order valence-corrected chi connectivity index (χ1v) is 9.04. The Hall–Kier alpha value is -1.68. The molecule has 1 aromatic rings. The van der Waals surface area contributed by atoms with Gasteiger partial charge in [0.1, 0.15) is 21.5 Å². The predicted molar refractivity (Wildman–Crippen MR) is 74.5 cm³/mol. The van der Waals surface area contributed by atoms with Crippen LogP contribution in [0.5, 0.6) is 0 Å². The molecule has 0 amide bonds. The molecule has 4 N–H and O–H groups in total. The molecule has 0 spiro atoms. The molecule has 0 aliphatic carbocycles. The van der Waals surface area contributed by atoms with E-state index in [2.05, 4.69) is 0 Å². The van der Waals surface area contributed by atoms with Gasteiger partial charge in [-0.3, -0.25) is 10.1 Å². The lowest BCUT2D eigenvalue weighted by Gasteiger charge is -2.12. The van der Waals surface area contributed by atoms with E-state index in [0.717, 1.165) is 12.3 Å². The van der Waals surface area contributed by atoms with Crippen LogP contribution in [-0.4, -0.2) is 40.4 Å². The van der Waals surface area contributed by atoms with Crippen LogP contribution in [0.1, 0.15) is 5.56 Å². The van der Waals surface area contributed by atoms with Gasteiger partial charge in [0, 0.05) is 6.26 Å². The lowest BCUT2D eigenvalue weighted by Crippen LogP contribution is -2.24. The molecule has 0 aliphatic rings. The minimum absolute atomic E-state index is 0.203. The van der Waals surface area contributed by atoms with Crippen LogP contribution in [0.2, 0.25) is 0 Å². The van der Waals surface area contributed by atoms with Crippen LogP contribution < -0.4 is 10.5 Å². The van der Waals surface area contributed by atoms with Crippen LogP contribution in [0.4, 0.5) is 10.1 Å². The third-order valence-electron chi connectivity index (χ3n) is 2.27. The average molecular weight is 323 g/mol. The summed E-state index contributed by atoms with van der Waals surface area (Å²) >= 11 is 0. The highest BCUT2D eigenvalue weighted by Crippen LogP contribution is 2.19. The van der Waals surface area contributed by atoms with Crippen molar-refractivity contribution in [2.24, 2.45) is 5.73 Å². The average Bonchev–Trinajstić information content (AvgIpc) is 2.24. The highest BCUT2D eigenvalue weighted by Gasteiger charge is 2.18. The van der Waals surface area contributed by atoms with Crippen molar-refractivity contribution < 1.29 is 21.2 Å². The predicted octanol–water partition coefficient (Wildman–Crippen LogP) is -0.104. The topological polar surface area (TPSA) is 130 Å². The molecular formula is C10H14FN3O4S2. The van der Waals surface area contributed by atoms with Gasteiger partial charge in [0.2, 0.25) is 10.0 Å². The summed E-state index contributed by atoms with van der Waals surface area (Å²) in [5, 5.41) is 7.23. The number of rotatable bonds is 6. The Labute approximate surface area is 116 Å². The van der Waals surface area contributed by atoms with Gasteiger partial charge in [-0.25, -0.2) is 21.2 Å². The molecular weight excluding hydrogens is 309 g/mol. The number of nitrogen functional groups attached to an aromatic ring is 1. The van der Waals surface area contributed by atoms with Gasteiger partial charge < -0.3 is 5.73 Å². The number of nitrogens with one attached hydrogen (secondary N) is 2. The van der Waals surface area contributed by atoms with Crippen molar-refractivity contribution in [1.82, 2.24) is 0 Å². The molecule has 7 nitrogen and oxygen atoms in total. The molecule has 1 aromatic carbocycles. The van der Waals surface area contributed by atoms with Crippen molar-refractivity contribution in [1.29, 1.82) is 5.41 Å². The number of hydrogen-bond acceptors (Lipinski definition) is 5. The fourth-order valence-electron chi connectivity index (χ4n) is 1.36. The van der Waals surface area contributed by atoms with Gasteiger partial charge in [-0.15, -0.1) is 0 Å². The smallest absolute Gasteiger partial charge is 0.233 e. The van der Waals surface area contributed by atoms with Crippen LogP contribution in [0, 0.1) is 11.2 Å². The molecule has 0 radical (unpaired) electrons. The summed E-state index contributed by atoms with van der Waals surface area (Å²) in [4.78, 5) is 0. The van der Waals surface area contributed by atoms with Crippen molar-refractivity contribution in [3.05, 3.63) is 29.6 Å². The molecule has 0 bridgehead atoms. The number of amidine groups is 1. The van der Waals surface area contributed by atoms with Gasteiger partial charge in [0.15, 0.2) is 0 Å². The second kappa shape index (κ2) is 5.75. The van der Waals surface area contributed by atoms with Crippen LogP contribution in [-0.2, 0) is 19.9 Å². The van der Waals surface area contributed by atoms with Gasteiger partial charge in [0.25, 0.3) is 0 Å². The third-order valence-corrected chi connectivity index (χ3v) is 4.75. The van der Waals surface area contributed by atoms with Gasteiger partial charge >= 0.3 is 0 Å². The molecule has 10 heteroatoms. The van der Waals surface area contributed by atoms with Crippen molar-refractivity contribution in [2.75, 3.05) is 22.5 Å². The molecule has 0 atom stereocenters. The third kappa shape index (κ3) is 4.78. The maximum Gasteiger partial charge on any atom is 0.233 e. The van der Waals surface area contributed by atoms with E-state index in [1.54, 1.807) is 0 Å². The van der Waals surface area contributed by atoms with E-state index in [4.69, 9.17) is 11.1 Å². The molecule has 0 fully saturated rings. The Morgan fingerprint density at radius 3 is 2.40 bits per heavy atom. The zero-order chi connectivity index (χ0) is 15.6. The largest absolute Gasteiger partial charge is 0.384 e. The first kappa shape index (κ1) is 16.4. The second-order valence-electron chi connectivity index (χ2n) is 4.13. The first-order chi connectivity index (χ1) is 9.02. The number of benzene rings is 1. The summed E-state index contributed by atoms with van der Waals surface area (Å²) in [6.07, 6.45) is 0.908. The normalized spacial score (nSPS) is 12.1. The maximum atomic E-state index is 13.5. The SMILES string of the molecule is CS(=O)(=O)CCS(=O)(=O)Nc1cccc(F)c1C(=N)N. The van der Waals surface area contributed by atoms with E-state index in [1.807, 2.05) is 4.72 Å². The van der Waals surface area contributed by atoms with Crippen LogP contribution in [0.15, 0.2) is 18.2 Å². The minimum Gasteiger partial charge on any atom is -0.384 e. The Morgan fingerprint density at radius 2 is 1.90 bits per heavy atom. The van der Waals surface area contributed by atoms with E-state index in [1.165, 1.54) is 12.1 Å². The summed E-state index contributed by atoms with van der Waals surface area (Å²) < 4.78 is 60.9. The van der Waals surface area contributed by atoms with Gasteiger partial charge in [-0.1, -0.05) is 6.07 Å². The Kier molecular flexibility index (Phi) is 4.71. The summed E-state index contributed by atoms with van der Waals surface area (Å²) in [6, 6.07) is 3.51. The monoisotopic (exact) mass is 323 g/mol. The fourth-order valence-corrected chi connectivity index (χ4v) is 4.06. The molecule has 20 heavy (non-hydrogen) atoms. The van der Waals surface area contributed by atoms with Crippen molar-refractivity contribution in [3.63, 3.8) is 0 Å². The number of halogens is 1. The van der Waals surface area contributed by atoms with E-state index in [9.17, 15) is 21.2 Å². The summed E-state index contributed by atoms with van der Waals surface area (Å²) in [6.45, 7) is 0. The Bertz CT molecular complexity index is 729. The number of sulfonamides is 1. The zero-order valence-electron chi connectivity index (χ0n) is 10.6. The molecule has 0 aromatic heterocycles. The van der Waals surface area contributed by atoms with Crippen molar-refractivity contribution in [3.8, 4) is 0 Å². The van der Waals surface area contributed by atoms with Gasteiger partial charge in [0.05, 0.1) is 22.8 Å². The van der Waals surface area contributed by atoms with E-state index in [-0.39, 0.29) is 11.3 Å². The van der Waals surface area contributed by atoms with Crippen molar-refractivity contribution >= 4 is 31.4 Å². The quantitative estimate of drug-likeness (QED) is 0.497. The zero-order valence-corrected chi connectivity index (χ0v) is 12.2. The Morgan fingerprint density at radius 1 is 1.30 bits per heavy atom. The fraction of sp³-hybridized carbons (Fsp3) is 0.300. The highest BCUT2D eigenvalue weighted by atomic mass is 32.2. The molecule has 112 valence electrons. The minimum atomic E-state index is -3.99. The van der Waals surface area contributed by atoms with Crippen LogP contribution in [0.25, 0.3) is 0 Å². The summed E-state index contributed by atoms with van der Waals surface area (Å²) in [5.41, 5.74) is 4.61. The lowest BCUT2D eigenvalue weighted by atomic mass is 10.1. The molecule has 0 saturated heterocycles. The summed E-state index contributed by atoms with van der Waals surface area (Å²) in [5.74, 6) is -2.71. The van der Waals surface area contributed by atoms with Crippen LogP contribution >= 0.6 is 0 Å². The molecule has 0 heterocycles. The molecule has 0 aliphatic heterocycles. The standard InChI is InChI=1S/C10H14FN3O4S2/c1-19(15,16)5-6-20(17,18)14-8-4-2-3-7(11)9(8)10(12)13/h2-4,14H,5-6H2,1H3,(H3,12,13). The Balaban J connectivity index is 3.05. The van der Waals surface area contributed by atoms with Crippen LogP contribution in [0.3, 0.4) is 0 Å². The van der Waals surface area contributed by atoms with Crippen molar-refractivity contribution in [2.45, 2.75) is 0 Å². The van der Waals surface area contributed by atoms with E-state index >= 15 is 0 Å². The number of anilines is 1. The molecule has 0 unspecified atom stereocenters. The molecule has 0 saturated carbocycles. The number of hydrogen-bond donors (Lipinski definition) is 3. The number of sulfone groups is 1. The maximum absolute atomic E-state index is 13.5. The van der Waals surface area contributed by atoms with E-state index in [0.29, 0.717) is 0 Å². The number of nitrogens with two attached hydrogens (primary N) is 1. The molecule has 1 rings (SSSR count). The van der Waals surface area contributed by atoms with Gasteiger partial charge in [-0.05, 0) is 12.1 Å². The highest BCUT2D eigenvalue weighted by molar-refractivity contribution is 7.95. The lowest BCUT2D eigenvalue weighted by molar-refractivity contribution is 0.593. The van der Waals surface area contributed by atoms with Gasteiger partial charge in [-0.2, -0.15) is 0 Å².